The number of thiocarbonyl (C=S) groups is 1. The van der Waals surface area contributed by atoms with E-state index in [4.69, 9.17) is 17.0 Å². The van der Waals surface area contributed by atoms with Crippen molar-refractivity contribution in [2.24, 2.45) is 0 Å². The average Bonchev–Trinajstić information content (AvgIpc) is 2.54. The van der Waals surface area contributed by atoms with E-state index in [1.54, 1.807) is 0 Å². The molecule has 1 N–H and O–H groups in total. The molecule has 0 spiro atoms. The van der Waals surface area contributed by atoms with E-state index in [1.165, 1.54) is 6.42 Å². The van der Waals surface area contributed by atoms with Gasteiger partial charge in [0.1, 0.15) is 5.75 Å². The first-order valence-corrected chi connectivity index (χ1v) is 8.29. The van der Waals surface area contributed by atoms with E-state index in [1.807, 2.05) is 24.3 Å². The minimum atomic E-state index is -0.200. The predicted molar refractivity (Wildman–Crippen MR) is 92.2 cm³/mol. The minimum Gasteiger partial charge on any atom is -0.483 e. The van der Waals surface area contributed by atoms with E-state index in [0.717, 1.165) is 37.2 Å². The normalized spacial score (nSPS) is 14.8. The number of rotatable bonds is 4. The Labute approximate surface area is 137 Å². The number of nitrogens with one attached hydrogen (secondary N) is 1. The van der Waals surface area contributed by atoms with Gasteiger partial charge >= 0.3 is 0 Å². The van der Waals surface area contributed by atoms with Crippen LogP contribution in [0.2, 0.25) is 0 Å². The molecule has 0 atom stereocenters. The Morgan fingerprint density at radius 2 is 1.95 bits per heavy atom. The first kappa shape index (κ1) is 16.7. The highest BCUT2D eigenvalue weighted by Gasteiger charge is 2.16. The molecule has 1 aliphatic rings. The van der Waals surface area contributed by atoms with Crippen molar-refractivity contribution < 1.29 is 9.53 Å². The summed E-state index contributed by atoms with van der Waals surface area (Å²) in [6.07, 6.45) is 3.50. The molecule has 1 heterocycles. The number of hydrogen-bond acceptors (Lipinski definition) is 3. The molecule has 2 rings (SSSR count). The number of nitrogens with zero attached hydrogens (tertiary/aromatic N) is 1. The van der Waals surface area contributed by atoms with Crippen LogP contribution in [0.3, 0.4) is 0 Å². The molecule has 1 fully saturated rings. The van der Waals surface area contributed by atoms with Crippen LogP contribution >= 0.6 is 12.2 Å². The van der Waals surface area contributed by atoms with Crippen LogP contribution in [0.4, 0.5) is 0 Å². The van der Waals surface area contributed by atoms with Gasteiger partial charge < -0.3 is 15.0 Å². The Morgan fingerprint density at radius 1 is 1.27 bits per heavy atom. The Bertz CT molecular complexity index is 525. The van der Waals surface area contributed by atoms with Gasteiger partial charge in [-0.2, -0.15) is 0 Å². The molecular weight excluding hydrogens is 296 g/mol. The molecule has 0 aliphatic carbocycles. The summed E-state index contributed by atoms with van der Waals surface area (Å²) in [4.78, 5) is 14.1. The van der Waals surface area contributed by atoms with Crippen molar-refractivity contribution in [1.29, 1.82) is 0 Å². The summed E-state index contributed by atoms with van der Waals surface area (Å²) < 4.78 is 5.66. The number of carbonyl (C=O) groups is 1. The quantitative estimate of drug-likeness (QED) is 0.866. The highest BCUT2D eigenvalue weighted by Crippen LogP contribution is 2.25. The minimum absolute atomic E-state index is 0.0162. The van der Waals surface area contributed by atoms with Crippen molar-refractivity contribution in [3.63, 3.8) is 0 Å². The molecule has 22 heavy (non-hydrogen) atoms. The van der Waals surface area contributed by atoms with Crippen molar-refractivity contribution in [3.05, 3.63) is 29.8 Å². The number of piperidine rings is 1. The fraction of sp³-hybridized carbons (Fsp3) is 0.529. The number of para-hydroxylation sites is 1. The topological polar surface area (TPSA) is 41.6 Å². The molecule has 0 bridgehead atoms. The van der Waals surface area contributed by atoms with E-state index < -0.39 is 0 Å². The molecule has 120 valence electrons. The summed E-state index contributed by atoms with van der Waals surface area (Å²) in [5.74, 6) is 0.916. The van der Waals surface area contributed by atoms with Gasteiger partial charge in [0.05, 0.1) is 0 Å². The first-order valence-electron chi connectivity index (χ1n) is 7.88. The lowest BCUT2D eigenvalue weighted by atomic mass is 10.0. The lowest BCUT2D eigenvalue weighted by Crippen LogP contribution is -2.46. The van der Waals surface area contributed by atoms with Gasteiger partial charge in [-0.3, -0.25) is 4.79 Å². The second-order valence-corrected chi connectivity index (χ2v) is 6.27. The lowest BCUT2D eigenvalue weighted by molar-refractivity contribution is -0.121. The van der Waals surface area contributed by atoms with Gasteiger partial charge in [0.25, 0.3) is 5.91 Å². The number of carbonyl (C=O) groups excluding carboxylic acids is 1. The molecule has 1 aromatic carbocycles. The maximum atomic E-state index is 12.0. The van der Waals surface area contributed by atoms with Crippen LogP contribution in [-0.2, 0) is 4.79 Å². The molecule has 0 unspecified atom stereocenters. The van der Waals surface area contributed by atoms with Crippen molar-refractivity contribution in [2.75, 3.05) is 19.7 Å². The maximum Gasteiger partial charge on any atom is 0.264 e. The van der Waals surface area contributed by atoms with Crippen LogP contribution < -0.4 is 10.1 Å². The smallest absolute Gasteiger partial charge is 0.264 e. The van der Waals surface area contributed by atoms with Crippen molar-refractivity contribution >= 4 is 23.2 Å². The van der Waals surface area contributed by atoms with Crippen LogP contribution in [0.15, 0.2) is 24.3 Å². The highest BCUT2D eigenvalue weighted by molar-refractivity contribution is 7.80. The van der Waals surface area contributed by atoms with E-state index in [9.17, 15) is 4.79 Å². The molecule has 1 saturated heterocycles. The van der Waals surface area contributed by atoms with Gasteiger partial charge in [0, 0.05) is 13.1 Å². The lowest BCUT2D eigenvalue weighted by Gasteiger charge is -2.28. The van der Waals surface area contributed by atoms with Gasteiger partial charge in [-0.05, 0) is 49.0 Å². The summed E-state index contributed by atoms with van der Waals surface area (Å²) in [6, 6.07) is 7.81. The highest BCUT2D eigenvalue weighted by atomic mass is 32.1. The number of amides is 1. The van der Waals surface area contributed by atoms with E-state index in [-0.39, 0.29) is 12.5 Å². The molecule has 0 aromatic heterocycles. The van der Waals surface area contributed by atoms with Crippen LogP contribution in [-0.4, -0.2) is 35.6 Å². The monoisotopic (exact) mass is 320 g/mol. The zero-order valence-electron chi connectivity index (χ0n) is 13.3. The summed E-state index contributed by atoms with van der Waals surface area (Å²) in [7, 11) is 0. The molecule has 0 saturated carbocycles. The second-order valence-electron chi connectivity index (χ2n) is 5.88. The summed E-state index contributed by atoms with van der Waals surface area (Å²) in [5, 5.41) is 3.28. The number of hydrogen-bond donors (Lipinski definition) is 1. The fourth-order valence-electron chi connectivity index (χ4n) is 2.56. The van der Waals surface area contributed by atoms with Crippen LogP contribution in [0.25, 0.3) is 0 Å². The van der Waals surface area contributed by atoms with Crippen LogP contribution in [0.1, 0.15) is 44.6 Å². The Hall–Kier alpha value is -1.62. The molecule has 4 nitrogen and oxygen atoms in total. The largest absolute Gasteiger partial charge is 0.483 e. The van der Waals surface area contributed by atoms with E-state index in [0.29, 0.717) is 11.0 Å². The Kier molecular flexibility index (Phi) is 6.19. The SMILES string of the molecule is CC(C)c1ccccc1OCC(=O)NC(=S)N1CCCCC1. The molecule has 5 heteroatoms. The number of benzene rings is 1. The fourth-order valence-corrected chi connectivity index (χ4v) is 2.86. The third kappa shape index (κ3) is 4.70. The van der Waals surface area contributed by atoms with Crippen molar-refractivity contribution in [1.82, 2.24) is 10.2 Å². The predicted octanol–water partition coefficient (Wildman–Crippen LogP) is 3.08. The van der Waals surface area contributed by atoms with Crippen LogP contribution in [0, 0.1) is 0 Å². The molecular formula is C17H24N2O2S. The summed E-state index contributed by atoms with van der Waals surface area (Å²) >= 11 is 5.29. The Morgan fingerprint density at radius 3 is 2.64 bits per heavy atom. The van der Waals surface area contributed by atoms with Gasteiger partial charge in [0.15, 0.2) is 11.7 Å². The average molecular weight is 320 g/mol. The summed E-state index contributed by atoms with van der Waals surface area (Å²) in [5.41, 5.74) is 1.11. The van der Waals surface area contributed by atoms with Gasteiger partial charge in [-0.25, -0.2) is 0 Å². The third-order valence-corrected chi connectivity index (χ3v) is 4.15. The summed E-state index contributed by atoms with van der Waals surface area (Å²) in [6.45, 7) is 6.05. The Balaban J connectivity index is 1.84. The van der Waals surface area contributed by atoms with Gasteiger partial charge in [0.2, 0.25) is 0 Å². The number of likely N-dealkylation sites (tertiary alicyclic amines) is 1. The third-order valence-electron chi connectivity index (χ3n) is 3.79. The second kappa shape index (κ2) is 8.13. The standard InChI is InChI=1S/C17H24N2O2S/c1-13(2)14-8-4-5-9-15(14)21-12-16(20)18-17(22)19-10-6-3-7-11-19/h4-5,8-9,13H,3,6-7,10-12H2,1-2H3,(H,18,20,22). The van der Waals surface area contributed by atoms with E-state index >= 15 is 0 Å². The van der Waals surface area contributed by atoms with Gasteiger partial charge in [-0.1, -0.05) is 32.0 Å². The number of ether oxygens (including phenoxy) is 1. The molecule has 0 radical (unpaired) electrons. The molecule has 1 aromatic rings. The van der Waals surface area contributed by atoms with Crippen molar-refractivity contribution in [2.45, 2.75) is 39.0 Å². The van der Waals surface area contributed by atoms with Crippen molar-refractivity contribution in [3.8, 4) is 5.75 Å². The van der Waals surface area contributed by atoms with Crippen LogP contribution in [0.5, 0.6) is 5.75 Å². The maximum absolute atomic E-state index is 12.0. The van der Waals surface area contributed by atoms with E-state index in [2.05, 4.69) is 24.1 Å². The van der Waals surface area contributed by atoms with Gasteiger partial charge in [-0.15, -0.1) is 0 Å². The zero-order valence-corrected chi connectivity index (χ0v) is 14.1. The molecule has 1 aliphatic heterocycles. The molecule has 1 amide bonds. The first-order chi connectivity index (χ1) is 10.6. The zero-order chi connectivity index (χ0) is 15.9.